The van der Waals surface area contributed by atoms with E-state index >= 15 is 0 Å². The SMILES string of the molecule is CC(C)c1ccc(C#CC(C)(C)O)c(C(C)C)c1. The first kappa shape index (κ1) is 14.8. The second-order valence-electron chi connectivity index (χ2n) is 5.97. The van der Waals surface area contributed by atoms with Gasteiger partial charge in [-0.05, 0) is 42.9 Å². The lowest BCUT2D eigenvalue weighted by Crippen LogP contribution is -2.14. The van der Waals surface area contributed by atoms with Crippen LogP contribution >= 0.6 is 0 Å². The molecular weight excluding hydrogens is 220 g/mol. The summed E-state index contributed by atoms with van der Waals surface area (Å²) in [6.45, 7) is 12.2. The monoisotopic (exact) mass is 244 g/mol. The molecule has 0 heterocycles. The number of rotatable bonds is 2. The van der Waals surface area contributed by atoms with E-state index in [1.54, 1.807) is 13.8 Å². The minimum atomic E-state index is -0.940. The Kier molecular flexibility index (Phi) is 4.59. The van der Waals surface area contributed by atoms with E-state index in [9.17, 15) is 5.11 Å². The summed E-state index contributed by atoms with van der Waals surface area (Å²) < 4.78 is 0. The van der Waals surface area contributed by atoms with Crippen LogP contribution in [0.4, 0.5) is 0 Å². The van der Waals surface area contributed by atoms with Crippen LogP contribution in [0, 0.1) is 11.8 Å². The maximum absolute atomic E-state index is 9.68. The lowest BCUT2D eigenvalue weighted by molar-refractivity contribution is 0.143. The van der Waals surface area contributed by atoms with Crippen molar-refractivity contribution < 1.29 is 5.11 Å². The van der Waals surface area contributed by atoms with E-state index in [1.165, 1.54) is 11.1 Å². The third-order valence-electron chi connectivity index (χ3n) is 2.87. The van der Waals surface area contributed by atoms with Crippen LogP contribution in [-0.4, -0.2) is 10.7 Å². The van der Waals surface area contributed by atoms with Crippen LogP contribution < -0.4 is 0 Å². The average Bonchev–Trinajstić information content (AvgIpc) is 2.24. The molecule has 0 saturated carbocycles. The maximum Gasteiger partial charge on any atom is 0.120 e. The molecular formula is C17H24O. The van der Waals surface area contributed by atoms with Gasteiger partial charge in [0, 0.05) is 5.56 Å². The Hall–Kier alpha value is -1.26. The topological polar surface area (TPSA) is 20.2 Å². The van der Waals surface area contributed by atoms with E-state index in [0.29, 0.717) is 11.8 Å². The largest absolute Gasteiger partial charge is 0.378 e. The number of benzene rings is 1. The molecule has 1 nitrogen and oxygen atoms in total. The summed E-state index contributed by atoms with van der Waals surface area (Å²) in [4.78, 5) is 0. The van der Waals surface area contributed by atoms with Gasteiger partial charge in [0.25, 0.3) is 0 Å². The molecule has 0 aliphatic carbocycles. The zero-order chi connectivity index (χ0) is 13.9. The highest BCUT2D eigenvalue weighted by Crippen LogP contribution is 2.24. The van der Waals surface area contributed by atoms with Crippen molar-refractivity contribution in [2.45, 2.75) is 59.0 Å². The van der Waals surface area contributed by atoms with Crippen molar-refractivity contribution in [3.05, 3.63) is 34.9 Å². The molecule has 0 saturated heterocycles. The number of hydrogen-bond donors (Lipinski definition) is 1. The van der Waals surface area contributed by atoms with E-state index in [2.05, 4.69) is 57.7 Å². The first-order chi connectivity index (χ1) is 8.20. The van der Waals surface area contributed by atoms with Crippen molar-refractivity contribution in [1.82, 2.24) is 0 Å². The molecule has 1 N–H and O–H groups in total. The molecule has 1 aromatic rings. The number of aliphatic hydroxyl groups is 1. The van der Waals surface area contributed by atoms with Gasteiger partial charge in [-0.15, -0.1) is 0 Å². The lowest BCUT2D eigenvalue weighted by atomic mass is 9.91. The molecule has 1 heteroatoms. The second kappa shape index (κ2) is 5.59. The van der Waals surface area contributed by atoms with Gasteiger partial charge in [-0.2, -0.15) is 0 Å². The maximum atomic E-state index is 9.68. The Morgan fingerprint density at radius 3 is 2.11 bits per heavy atom. The summed E-state index contributed by atoms with van der Waals surface area (Å²) in [7, 11) is 0. The summed E-state index contributed by atoms with van der Waals surface area (Å²) in [5.74, 6) is 6.95. The van der Waals surface area contributed by atoms with E-state index in [-0.39, 0.29) is 0 Å². The van der Waals surface area contributed by atoms with Gasteiger partial charge >= 0.3 is 0 Å². The van der Waals surface area contributed by atoms with E-state index in [0.717, 1.165) is 5.56 Å². The van der Waals surface area contributed by atoms with Crippen LogP contribution in [0.2, 0.25) is 0 Å². The average molecular weight is 244 g/mol. The zero-order valence-electron chi connectivity index (χ0n) is 12.3. The van der Waals surface area contributed by atoms with Crippen LogP contribution in [-0.2, 0) is 0 Å². The highest BCUT2D eigenvalue weighted by Gasteiger charge is 2.10. The van der Waals surface area contributed by atoms with Gasteiger partial charge in [-0.3, -0.25) is 0 Å². The molecule has 0 spiro atoms. The zero-order valence-corrected chi connectivity index (χ0v) is 12.3. The smallest absolute Gasteiger partial charge is 0.120 e. The van der Waals surface area contributed by atoms with E-state index < -0.39 is 5.60 Å². The lowest BCUT2D eigenvalue weighted by Gasteiger charge is -2.14. The van der Waals surface area contributed by atoms with Gasteiger partial charge in [0.05, 0.1) is 0 Å². The Labute approximate surface area is 111 Å². The summed E-state index contributed by atoms with van der Waals surface area (Å²) in [5, 5.41) is 9.68. The molecule has 0 unspecified atom stereocenters. The molecule has 0 radical (unpaired) electrons. The van der Waals surface area contributed by atoms with Crippen LogP contribution in [0.3, 0.4) is 0 Å². The highest BCUT2D eigenvalue weighted by molar-refractivity contribution is 5.46. The summed E-state index contributed by atoms with van der Waals surface area (Å²) in [6, 6.07) is 6.44. The second-order valence-corrected chi connectivity index (χ2v) is 5.97. The first-order valence-corrected chi connectivity index (χ1v) is 6.60. The molecule has 0 fully saturated rings. The van der Waals surface area contributed by atoms with Crippen LogP contribution in [0.5, 0.6) is 0 Å². The molecule has 98 valence electrons. The van der Waals surface area contributed by atoms with Crippen molar-refractivity contribution in [3.8, 4) is 11.8 Å². The van der Waals surface area contributed by atoms with Crippen molar-refractivity contribution in [3.63, 3.8) is 0 Å². The Balaban J connectivity index is 3.23. The van der Waals surface area contributed by atoms with Gasteiger partial charge < -0.3 is 5.11 Å². The standard InChI is InChI=1S/C17H24O/c1-12(2)15-8-7-14(9-10-17(5,6)18)16(11-15)13(3)4/h7-8,11-13,18H,1-6H3. The van der Waals surface area contributed by atoms with E-state index in [4.69, 9.17) is 0 Å². The van der Waals surface area contributed by atoms with Crippen molar-refractivity contribution in [2.75, 3.05) is 0 Å². The summed E-state index contributed by atoms with van der Waals surface area (Å²) >= 11 is 0. The third kappa shape index (κ3) is 4.20. The Bertz CT molecular complexity index is 465. The third-order valence-corrected chi connectivity index (χ3v) is 2.87. The Morgan fingerprint density at radius 2 is 1.67 bits per heavy atom. The minimum absolute atomic E-state index is 0.440. The van der Waals surface area contributed by atoms with Crippen LogP contribution in [0.25, 0.3) is 0 Å². The quantitative estimate of drug-likeness (QED) is 0.778. The molecule has 0 atom stereocenters. The minimum Gasteiger partial charge on any atom is -0.378 e. The number of hydrogen-bond acceptors (Lipinski definition) is 1. The van der Waals surface area contributed by atoms with Crippen LogP contribution in [0.1, 0.15) is 70.1 Å². The summed E-state index contributed by atoms with van der Waals surface area (Å²) in [6.07, 6.45) is 0. The van der Waals surface area contributed by atoms with Crippen molar-refractivity contribution in [2.24, 2.45) is 0 Å². The molecule has 1 rings (SSSR count). The highest BCUT2D eigenvalue weighted by atomic mass is 16.3. The summed E-state index contributed by atoms with van der Waals surface area (Å²) in [5.41, 5.74) is 2.69. The predicted molar refractivity (Wildman–Crippen MR) is 77.8 cm³/mol. The molecule has 0 bridgehead atoms. The van der Waals surface area contributed by atoms with Crippen molar-refractivity contribution in [1.29, 1.82) is 0 Å². The molecule has 18 heavy (non-hydrogen) atoms. The fourth-order valence-corrected chi connectivity index (χ4v) is 1.75. The van der Waals surface area contributed by atoms with E-state index in [1.807, 2.05) is 0 Å². The molecule has 0 aromatic heterocycles. The van der Waals surface area contributed by atoms with Gasteiger partial charge in [0.1, 0.15) is 5.60 Å². The first-order valence-electron chi connectivity index (χ1n) is 6.60. The van der Waals surface area contributed by atoms with Gasteiger partial charge in [-0.25, -0.2) is 0 Å². The molecule has 0 aliphatic heterocycles. The normalized spacial score (nSPS) is 11.6. The van der Waals surface area contributed by atoms with Crippen molar-refractivity contribution >= 4 is 0 Å². The predicted octanol–water partition coefficient (Wildman–Crippen LogP) is 4.06. The Morgan fingerprint density at radius 1 is 1.06 bits per heavy atom. The fraction of sp³-hybridized carbons (Fsp3) is 0.529. The van der Waals surface area contributed by atoms with Gasteiger partial charge in [0.15, 0.2) is 0 Å². The molecule has 0 amide bonds. The molecule has 0 aliphatic rings. The van der Waals surface area contributed by atoms with Crippen LogP contribution in [0.15, 0.2) is 18.2 Å². The molecule has 1 aromatic carbocycles. The fourth-order valence-electron chi connectivity index (χ4n) is 1.75. The van der Waals surface area contributed by atoms with Gasteiger partial charge in [-0.1, -0.05) is 51.7 Å². The van der Waals surface area contributed by atoms with Gasteiger partial charge in [0.2, 0.25) is 0 Å².